The van der Waals surface area contributed by atoms with Crippen molar-refractivity contribution in [2.24, 2.45) is 12.0 Å². The highest BCUT2D eigenvalue weighted by Gasteiger charge is 2.10. The molecule has 0 atom stereocenters. The summed E-state index contributed by atoms with van der Waals surface area (Å²) in [5, 5.41) is 6.67. The fraction of sp³-hybridized carbons (Fsp3) is 0.333. The number of halogens is 2. The number of carbonyl (C=O) groups is 1. The quantitative estimate of drug-likeness (QED) is 0.386. The number of guanidine groups is 1. The van der Waals surface area contributed by atoms with Gasteiger partial charge >= 0.3 is 0 Å². The summed E-state index contributed by atoms with van der Waals surface area (Å²) >= 11 is 6.04. The van der Waals surface area contributed by atoms with Gasteiger partial charge < -0.3 is 20.1 Å². The molecule has 6 nitrogen and oxygen atoms in total. The first-order chi connectivity index (χ1) is 11.9. The zero-order valence-corrected chi connectivity index (χ0v) is 18.5. The third-order valence-electron chi connectivity index (χ3n) is 3.94. The minimum Gasteiger partial charge on any atom is -0.355 e. The van der Waals surface area contributed by atoms with Crippen LogP contribution in [0.1, 0.15) is 21.6 Å². The smallest absolute Gasteiger partial charge is 0.251 e. The first kappa shape index (κ1) is 22.3. The van der Waals surface area contributed by atoms with Gasteiger partial charge in [-0.3, -0.25) is 9.79 Å². The van der Waals surface area contributed by atoms with Gasteiger partial charge in [-0.25, -0.2) is 0 Å². The van der Waals surface area contributed by atoms with Crippen LogP contribution < -0.4 is 10.6 Å². The molecule has 0 aliphatic rings. The lowest BCUT2D eigenvalue weighted by atomic mass is 10.1. The molecule has 0 fully saturated rings. The van der Waals surface area contributed by atoms with Gasteiger partial charge in [-0.05, 0) is 23.8 Å². The summed E-state index contributed by atoms with van der Waals surface area (Å²) in [6.45, 7) is 1.32. The second-order valence-electron chi connectivity index (χ2n) is 5.79. The maximum atomic E-state index is 11.6. The van der Waals surface area contributed by atoms with E-state index in [0.29, 0.717) is 18.7 Å². The predicted molar refractivity (Wildman–Crippen MR) is 117 cm³/mol. The van der Waals surface area contributed by atoms with E-state index in [1.807, 2.05) is 60.1 Å². The Morgan fingerprint density at radius 1 is 1.31 bits per heavy atom. The van der Waals surface area contributed by atoms with E-state index in [9.17, 15) is 4.79 Å². The minimum atomic E-state index is -0.0868. The standard InChI is InChI=1S/C18H24ClN5O.HI/c1-20-17(25)14-7-5-13(6-8-14)10-22-18(21-2)24(4)12-16-9-15(19)11-23(16)3;/h5-9,11H,10,12H2,1-4H3,(H,20,25)(H,21,22);1H. The van der Waals surface area contributed by atoms with Gasteiger partial charge in [0.1, 0.15) is 0 Å². The van der Waals surface area contributed by atoms with E-state index in [1.54, 1.807) is 14.1 Å². The van der Waals surface area contributed by atoms with Crippen molar-refractivity contribution >= 4 is 47.4 Å². The van der Waals surface area contributed by atoms with E-state index in [4.69, 9.17) is 11.6 Å². The topological polar surface area (TPSA) is 61.7 Å². The number of hydrogen-bond acceptors (Lipinski definition) is 2. The molecular formula is C18H25ClIN5O. The molecular weight excluding hydrogens is 465 g/mol. The highest BCUT2D eigenvalue weighted by atomic mass is 127. The van der Waals surface area contributed by atoms with Crippen LogP contribution >= 0.6 is 35.6 Å². The van der Waals surface area contributed by atoms with Crippen LogP contribution in [0, 0.1) is 0 Å². The lowest BCUT2D eigenvalue weighted by Crippen LogP contribution is -2.38. The van der Waals surface area contributed by atoms with Crippen molar-refractivity contribution in [1.29, 1.82) is 0 Å². The first-order valence-corrected chi connectivity index (χ1v) is 8.36. The molecule has 0 bridgehead atoms. The zero-order chi connectivity index (χ0) is 18.4. The molecule has 1 aromatic carbocycles. The van der Waals surface area contributed by atoms with Crippen molar-refractivity contribution in [3.05, 3.63) is 58.4 Å². The third-order valence-corrected chi connectivity index (χ3v) is 4.15. The predicted octanol–water partition coefficient (Wildman–Crippen LogP) is 2.86. The van der Waals surface area contributed by atoms with E-state index in [0.717, 1.165) is 22.2 Å². The highest BCUT2D eigenvalue weighted by molar-refractivity contribution is 14.0. The number of benzene rings is 1. The number of rotatable bonds is 5. The van der Waals surface area contributed by atoms with Crippen molar-refractivity contribution < 1.29 is 4.79 Å². The molecule has 142 valence electrons. The van der Waals surface area contributed by atoms with E-state index < -0.39 is 0 Å². The summed E-state index contributed by atoms with van der Waals surface area (Å²) in [5.74, 6) is 0.698. The van der Waals surface area contributed by atoms with Gasteiger partial charge in [0.25, 0.3) is 5.91 Å². The van der Waals surface area contributed by atoms with Crippen molar-refractivity contribution in [2.45, 2.75) is 13.1 Å². The highest BCUT2D eigenvalue weighted by Crippen LogP contribution is 2.14. The average Bonchev–Trinajstić information content (AvgIpc) is 2.92. The Hall–Kier alpha value is -1.74. The zero-order valence-electron chi connectivity index (χ0n) is 15.4. The van der Waals surface area contributed by atoms with Crippen molar-refractivity contribution in [3.8, 4) is 0 Å². The summed E-state index contributed by atoms with van der Waals surface area (Å²) in [7, 11) is 7.33. The number of carbonyl (C=O) groups excluding carboxylic acids is 1. The van der Waals surface area contributed by atoms with Crippen LogP contribution in [-0.2, 0) is 20.1 Å². The van der Waals surface area contributed by atoms with Gasteiger partial charge in [0, 0.05) is 52.2 Å². The summed E-state index contributed by atoms with van der Waals surface area (Å²) in [6.07, 6.45) is 1.88. The van der Waals surface area contributed by atoms with Gasteiger partial charge in [-0.1, -0.05) is 23.7 Å². The fourth-order valence-electron chi connectivity index (χ4n) is 2.53. The van der Waals surface area contributed by atoms with Crippen molar-refractivity contribution in [1.82, 2.24) is 20.1 Å². The van der Waals surface area contributed by atoms with Crippen LogP contribution in [0.4, 0.5) is 0 Å². The molecule has 2 rings (SSSR count). The van der Waals surface area contributed by atoms with Crippen LogP contribution in [0.15, 0.2) is 41.5 Å². The molecule has 0 spiro atoms. The van der Waals surface area contributed by atoms with Crippen LogP contribution in [0.2, 0.25) is 5.02 Å². The molecule has 0 radical (unpaired) electrons. The maximum absolute atomic E-state index is 11.6. The van der Waals surface area contributed by atoms with E-state index in [2.05, 4.69) is 15.6 Å². The molecule has 2 N–H and O–H groups in total. The normalized spacial score (nSPS) is 10.9. The molecule has 0 saturated heterocycles. The Labute approximate surface area is 176 Å². The molecule has 26 heavy (non-hydrogen) atoms. The Kier molecular flexibility index (Phi) is 8.94. The second-order valence-corrected chi connectivity index (χ2v) is 6.23. The second kappa shape index (κ2) is 10.4. The molecule has 0 aliphatic carbocycles. The number of aromatic nitrogens is 1. The van der Waals surface area contributed by atoms with Crippen LogP contribution in [-0.4, -0.2) is 42.5 Å². The van der Waals surface area contributed by atoms with Gasteiger partial charge in [0.2, 0.25) is 0 Å². The summed E-state index contributed by atoms with van der Waals surface area (Å²) in [5.41, 5.74) is 2.82. The number of hydrogen-bond donors (Lipinski definition) is 2. The number of aliphatic imine (C=N–C) groups is 1. The Bertz CT molecular complexity index is 757. The Morgan fingerprint density at radius 3 is 2.46 bits per heavy atom. The van der Waals surface area contributed by atoms with Crippen LogP contribution in [0.5, 0.6) is 0 Å². The molecule has 1 amide bonds. The molecule has 1 aromatic heterocycles. The van der Waals surface area contributed by atoms with Gasteiger partial charge in [-0.15, -0.1) is 24.0 Å². The van der Waals surface area contributed by atoms with E-state index in [-0.39, 0.29) is 29.9 Å². The summed E-state index contributed by atoms with van der Waals surface area (Å²) < 4.78 is 2.00. The number of aryl methyl sites for hydroxylation is 1. The van der Waals surface area contributed by atoms with Crippen molar-refractivity contribution in [2.75, 3.05) is 21.1 Å². The third kappa shape index (κ3) is 5.91. The fourth-order valence-corrected chi connectivity index (χ4v) is 2.80. The van der Waals surface area contributed by atoms with Crippen molar-refractivity contribution in [3.63, 3.8) is 0 Å². The molecule has 1 heterocycles. The largest absolute Gasteiger partial charge is 0.355 e. The monoisotopic (exact) mass is 489 g/mol. The lowest BCUT2D eigenvalue weighted by molar-refractivity contribution is 0.0963. The molecule has 0 saturated carbocycles. The SMILES string of the molecule is CN=C(NCc1ccc(C(=O)NC)cc1)N(C)Cc1cc(Cl)cn1C.I. The van der Waals surface area contributed by atoms with Crippen LogP contribution in [0.25, 0.3) is 0 Å². The number of amides is 1. The average molecular weight is 490 g/mol. The number of nitrogens with one attached hydrogen (secondary N) is 2. The molecule has 8 heteroatoms. The van der Waals surface area contributed by atoms with Gasteiger partial charge in [0.05, 0.1) is 11.6 Å². The Morgan fingerprint density at radius 2 is 1.96 bits per heavy atom. The van der Waals surface area contributed by atoms with Gasteiger partial charge in [-0.2, -0.15) is 0 Å². The minimum absolute atomic E-state index is 0. The molecule has 0 aliphatic heterocycles. The Balaban J connectivity index is 0.00000338. The lowest BCUT2D eigenvalue weighted by Gasteiger charge is -2.22. The van der Waals surface area contributed by atoms with Gasteiger partial charge in [0.15, 0.2) is 5.96 Å². The number of nitrogens with zero attached hydrogens (tertiary/aromatic N) is 3. The summed E-state index contributed by atoms with van der Waals surface area (Å²) in [4.78, 5) is 17.9. The van der Waals surface area contributed by atoms with Crippen LogP contribution in [0.3, 0.4) is 0 Å². The molecule has 0 unspecified atom stereocenters. The molecule has 2 aromatic rings. The first-order valence-electron chi connectivity index (χ1n) is 7.98. The van der Waals surface area contributed by atoms with E-state index in [1.165, 1.54) is 0 Å². The maximum Gasteiger partial charge on any atom is 0.251 e. The van der Waals surface area contributed by atoms with E-state index >= 15 is 0 Å². The summed E-state index contributed by atoms with van der Waals surface area (Å²) in [6, 6.07) is 9.44.